The number of rotatable bonds is 4. The fourth-order valence-electron chi connectivity index (χ4n) is 1.51. The van der Waals surface area contributed by atoms with Crippen molar-refractivity contribution in [2.24, 2.45) is 0 Å². The Labute approximate surface area is 129 Å². The van der Waals surface area contributed by atoms with Gasteiger partial charge in [-0.3, -0.25) is 0 Å². The highest BCUT2D eigenvalue weighted by atomic mass is 32.2. The van der Waals surface area contributed by atoms with E-state index in [0.29, 0.717) is 0 Å². The first-order valence-electron chi connectivity index (χ1n) is 5.74. The average Bonchev–Trinajstić information content (AvgIpc) is 2.42. The molecule has 0 aromatic heterocycles. The van der Waals surface area contributed by atoms with E-state index < -0.39 is 0 Å². The lowest BCUT2D eigenvalue weighted by atomic mass is 10.4. The quantitative estimate of drug-likeness (QED) is 0.576. The summed E-state index contributed by atoms with van der Waals surface area (Å²) in [5.74, 6) is 1.76. The molecule has 0 saturated carbocycles. The van der Waals surface area contributed by atoms with Crippen molar-refractivity contribution in [3.63, 3.8) is 0 Å². The molecule has 1 fully saturated rings. The molecule has 100 valence electrons. The molecular formula is C12H18N2S4. The zero-order valence-corrected chi connectivity index (χ0v) is 13.6. The minimum atomic E-state index is 0.882. The van der Waals surface area contributed by atoms with Crippen LogP contribution in [-0.4, -0.2) is 56.1 Å². The van der Waals surface area contributed by atoms with Crippen LogP contribution in [0.15, 0.2) is 25.3 Å². The number of nitrogens with zero attached hydrogens (tertiary/aromatic N) is 2. The van der Waals surface area contributed by atoms with Crippen molar-refractivity contribution < 1.29 is 0 Å². The summed E-state index contributed by atoms with van der Waals surface area (Å²) in [7, 11) is 0. The van der Waals surface area contributed by atoms with Crippen LogP contribution in [0.25, 0.3) is 0 Å². The number of thioether (sulfide) groups is 2. The third kappa shape index (κ3) is 5.30. The maximum Gasteiger partial charge on any atom is 0.136 e. The molecule has 0 unspecified atom stereocenters. The fourth-order valence-corrected chi connectivity index (χ4v) is 3.54. The second kappa shape index (κ2) is 8.96. The van der Waals surface area contributed by atoms with E-state index in [4.69, 9.17) is 24.4 Å². The van der Waals surface area contributed by atoms with E-state index >= 15 is 0 Å². The van der Waals surface area contributed by atoms with E-state index in [1.807, 2.05) is 12.2 Å². The van der Waals surface area contributed by atoms with Gasteiger partial charge in [-0.1, -0.05) is 60.1 Å². The van der Waals surface area contributed by atoms with Crippen molar-refractivity contribution in [1.82, 2.24) is 9.80 Å². The zero-order chi connectivity index (χ0) is 13.4. The first kappa shape index (κ1) is 16.0. The van der Waals surface area contributed by atoms with E-state index in [1.165, 1.54) is 0 Å². The molecule has 0 spiro atoms. The van der Waals surface area contributed by atoms with Crippen LogP contribution in [0, 0.1) is 0 Å². The first-order valence-corrected chi connectivity index (χ1v) is 8.53. The molecule has 1 saturated heterocycles. The molecule has 0 radical (unpaired) electrons. The van der Waals surface area contributed by atoms with Gasteiger partial charge in [0.15, 0.2) is 0 Å². The molecule has 1 rings (SSSR count). The SMILES string of the molecule is C=CCSC(=S)N1CCN(C(=S)SCC=C)CC1. The Bertz CT molecular complexity index is 290. The fraction of sp³-hybridized carbons (Fsp3) is 0.500. The predicted octanol–water partition coefficient (Wildman–Crippen LogP) is 3.01. The molecule has 0 bridgehead atoms. The summed E-state index contributed by atoms with van der Waals surface area (Å²) in [5, 5.41) is 0. The molecule has 2 nitrogen and oxygen atoms in total. The molecule has 0 aromatic carbocycles. The molecule has 6 heteroatoms. The Balaban J connectivity index is 2.31. The molecule has 0 atom stereocenters. The van der Waals surface area contributed by atoms with Crippen molar-refractivity contribution in [2.75, 3.05) is 37.7 Å². The summed E-state index contributed by atoms with van der Waals surface area (Å²) in [6, 6.07) is 0. The van der Waals surface area contributed by atoms with Crippen LogP contribution < -0.4 is 0 Å². The summed E-state index contributed by atoms with van der Waals surface area (Å²) < 4.78 is 1.94. The monoisotopic (exact) mass is 318 g/mol. The van der Waals surface area contributed by atoms with Crippen LogP contribution in [0.5, 0.6) is 0 Å². The smallest absolute Gasteiger partial charge is 0.136 e. The standard InChI is InChI=1S/C12H18N2S4/c1-3-9-17-11(15)13-5-7-14(8-6-13)12(16)18-10-4-2/h3-4H,1-2,5-10H2. The van der Waals surface area contributed by atoms with Gasteiger partial charge in [-0.15, -0.1) is 13.2 Å². The van der Waals surface area contributed by atoms with E-state index in [1.54, 1.807) is 23.5 Å². The van der Waals surface area contributed by atoms with Gasteiger partial charge < -0.3 is 9.80 Å². The van der Waals surface area contributed by atoms with Gasteiger partial charge in [0.2, 0.25) is 0 Å². The van der Waals surface area contributed by atoms with Gasteiger partial charge in [0.25, 0.3) is 0 Å². The summed E-state index contributed by atoms with van der Waals surface area (Å²) in [6.07, 6.45) is 3.77. The molecule has 0 aromatic rings. The van der Waals surface area contributed by atoms with Crippen LogP contribution in [-0.2, 0) is 0 Å². The second-order valence-electron chi connectivity index (χ2n) is 3.71. The van der Waals surface area contributed by atoms with E-state index in [0.717, 1.165) is 46.3 Å². The molecule has 1 heterocycles. The van der Waals surface area contributed by atoms with Gasteiger partial charge >= 0.3 is 0 Å². The Morgan fingerprint density at radius 2 is 1.22 bits per heavy atom. The maximum atomic E-state index is 5.39. The lowest BCUT2D eigenvalue weighted by Crippen LogP contribution is -2.48. The topological polar surface area (TPSA) is 6.48 Å². The molecule has 0 N–H and O–H groups in total. The highest BCUT2D eigenvalue weighted by molar-refractivity contribution is 8.23. The van der Waals surface area contributed by atoms with Gasteiger partial charge in [0.05, 0.1) is 0 Å². The van der Waals surface area contributed by atoms with Gasteiger partial charge in [0.1, 0.15) is 8.64 Å². The Morgan fingerprint density at radius 3 is 1.50 bits per heavy atom. The molecule has 1 aliphatic heterocycles. The highest BCUT2D eigenvalue weighted by Gasteiger charge is 2.20. The molecule has 0 amide bonds. The van der Waals surface area contributed by atoms with Gasteiger partial charge in [-0.05, 0) is 0 Å². The lowest BCUT2D eigenvalue weighted by Gasteiger charge is -2.36. The highest BCUT2D eigenvalue weighted by Crippen LogP contribution is 2.16. The third-order valence-corrected chi connectivity index (χ3v) is 5.48. The number of thiocarbonyl (C=S) groups is 2. The van der Waals surface area contributed by atoms with Crippen molar-refractivity contribution in [3.8, 4) is 0 Å². The number of hydrogen-bond acceptors (Lipinski definition) is 4. The number of hydrogen-bond donors (Lipinski definition) is 0. The normalized spacial score (nSPS) is 15.3. The van der Waals surface area contributed by atoms with Crippen molar-refractivity contribution >= 4 is 56.6 Å². The Morgan fingerprint density at radius 1 is 0.889 bits per heavy atom. The van der Waals surface area contributed by atoms with Crippen LogP contribution in [0.4, 0.5) is 0 Å². The summed E-state index contributed by atoms with van der Waals surface area (Å²) in [6.45, 7) is 11.2. The van der Waals surface area contributed by atoms with E-state index in [2.05, 4.69) is 23.0 Å². The van der Waals surface area contributed by atoms with E-state index in [-0.39, 0.29) is 0 Å². The van der Waals surface area contributed by atoms with Crippen molar-refractivity contribution in [2.45, 2.75) is 0 Å². The molecule has 0 aliphatic carbocycles. The van der Waals surface area contributed by atoms with Gasteiger partial charge in [0, 0.05) is 37.7 Å². The van der Waals surface area contributed by atoms with E-state index in [9.17, 15) is 0 Å². The minimum absolute atomic E-state index is 0.882. The molecular weight excluding hydrogens is 300 g/mol. The third-order valence-electron chi connectivity index (χ3n) is 2.45. The second-order valence-corrected chi connectivity index (χ2v) is 7.01. The lowest BCUT2D eigenvalue weighted by molar-refractivity contribution is 0.271. The van der Waals surface area contributed by atoms with Crippen molar-refractivity contribution in [3.05, 3.63) is 25.3 Å². The van der Waals surface area contributed by atoms with Crippen molar-refractivity contribution in [1.29, 1.82) is 0 Å². The minimum Gasteiger partial charge on any atom is -0.354 e. The van der Waals surface area contributed by atoms with Crippen LogP contribution in [0.2, 0.25) is 0 Å². The maximum absolute atomic E-state index is 5.39. The summed E-state index contributed by atoms with van der Waals surface area (Å²) >= 11 is 14.1. The average molecular weight is 319 g/mol. The Hall–Kier alpha value is -0.0400. The predicted molar refractivity (Wildman–Crippen MR) is 93.7 cm³/mol. The summed E-state index contributed by atoms with van der Waals surface area (Å²) in [5.41, 5.74) is 0. The largest absolute Gasteiger partial charge is 0.354 e. The van der Waals surface area contributed by atoms with Gasteiger partial charge in [-0.25, -0.2) is 0 Å². The number of piperazine rings is 1. The van der Waals surface area contributed by atoms with Gasteiger partial charge in [-0.2, -0.15) is 0 Å². The molecule has 18 heavy (non-hydrogen) atoms. The Kier molecular flexibility index (Phi) is 7.97. The van der Waals surface area contributed by atoms with Crippen LogP contribution in [0.1, 0.15) is 0 Å². The van der Waals surface area contributed by atoms with Crippen LogP contribution >= 0.6 is 48.0 Å². The zero-order valence-electron chi connectivity index (χ0n) is 10.3. The summed E-state index contributed by atoms with van der Waals surface area (Å²) in [4.78, 5) is 4.50. The molecule has 1 aliphatic rings. The first-order chi connectivity index (χ1) is 8.69. The van der Waals surface area contributed by atoms with Crippen LogP contribution in [0.3, 0.4) is 0 Å².